The van der Waals surface area contributed by atoms with E-state index in [0.717, 1.165) is 39.3 Å². The molecule has 0 saturated carbocycles. The molecule has 0 spiro atoms. The second-order valence-corrected chi connectivity index (χ2v) is 5.24. The van der Waals surface area contributed by atoms with Gasteiger partial charge in [-0.25, -0.2) is 0 Å². The van der Waals surface area contributed by atoms with Crippen LogP contribution < -0.4 is 15.8 Å². The number of anilines is 1. The van der Waals surface area contributed by atoms with Crippen LogP contribution in [0.4, 0.5) is 18.9 Å². The highest BCUT2D eigenvalue weighted by Gasteiger charge is 2.32. The number of ether oxygens (including phenoxy) is 2. The van der Waals surface area contributed by atoms with Gasteiger partial charge in [0, 0.05) is 26.2 Å². The van der Waals surface area contributed by atoms with Gasteiger partial charge in [0.15, 0.2) is 11.7 Å². The van der Waals surface area contributed by atoms with Crippen LogP contribution >= 0.6 is 0 Å². The van der Waals surface area contributed by atoms with Gasteiger partial charge in [0.25, 0.3) is 0 Å². The number of nitrogens with one attached hydrogen (secondary N) is 1. The van der Waals surface area contributed by atoms with Crippen molar-refractivity contribution in [3.8, 4) is 5.75 Å². The van der Waals surface area contributed by atoms with Gasteiger partial charge in [0.1, 0.15) is 0 Å². The Morgan fingerprint density at radius 2 is 2.00 bits per heavy atom. The van der Waals surface area contributed by atoms with Crippen LogP contribution in [-0.2, 0) is 4.74 Å². The maximum absolute atomic E-state index is 12.4. The summed E-state index contributed by atoms with van der Waals surface area (Å²) in [7, 11) is 0. The second kappa shape index (κ2) is 8.74. The largest absolute Gasteiger partial charge is 0.573 e. The van der Waals surface area contributed by atoms with Gasteiger partial charge in [0.05, 0.1) is 18.9 Å². The molecule has 6 nitrogen and oxygen atoms in total. The van der Waals surface area contributed by atoms with Crippen LogP contribution in [0.3, 0.4) is 0 Å². The number of benzene rings is 1. The molecule has 1 saturated heterocycles. The maximum atomic E-state index is 12.4. The zero-order valence-electron chi connectivity index (χ0n) is 13.2. The lowest BCUT2D eigenvalue weighted by atomic mass is 10.3. The van der Waals surface area contributed by atoms with Crippen LogP contribution in [0, 0.1) is 0 Å². The van der Waals surface area contributed by atoms with Gasteiger partial charge in [-0.15, -0.1) is 13.2 Å². The molecular formula is C15H21F3N4O2. The summed E-state index contributed by atoms with van der Waals surface area (Å²) in [6, 6.07) is 5.68. The van der Waals surface area contributed by atoms with Crippen LogP contribution in [0.1, 0.15) is 6.42 Å². The predicted molar refractivity (Wildman–Crippen MR) is 85.1 cm³/mol. The molecule has 0 radical (unpaired) electrons. The van der Waals surface area contributed by atoms with Gasteiger partial charge in [0.2, 0.25) is 0 Å². The number of rotatable bonds is 6. The molecule has 134 valence electrons. The molecular weight excluding hydrogens is 325 g/mol. The summed E-state index contributed by atoms with van der Waals surface area (Å²) in [5.74, 6) is -0.299. The van der Waals surface area contributed by atoms with Gasteiger partial charge in [-0.3, -0.25) is 9.89 Å². The maximum Gasteiger partial charge on any atom is 0.573 e. The van der Waals surface area contributed by atoms with Crippen molar-refractivity contribution in [2.45, 2.75) is 12.8 Å². The van der Waals surface area contributed by atoms with Gasteiger partial charge < -0.3 is 20.5 Å². The molecule has 0 aliphatic carbocycles. The minimum absolute atomic E-state index is 0.0511. The zero-order chi connectivity index (χ0) is 17.4. The Hall–Kier alpha value is -2.00. The molecule has 3 N–H and O–H groups in total. The van der Waals surface area contributed by atoms with E-state index in [1.807, 2.05) is 0 Å². The lowest BCUT2D eigenvalue weighted by molar-refractivity contribution is -0.274. The van der Waals surface area contributed by atoms with Crippen LogP contribution in [0.25, 0.3) is 0 Å². The fourth-order valence-corrected chi connectivity index (χ4v) is 2.28. The minimum atomic E-state index is -4.76. The molecule has 1 aromatic carbocycles. The van der Waals surface area contributed by atoms with Gasteiger partial charge in [-0.05, 0) is 18.6 Å². The molecule has 0 aromatic heterocycles. The number of halogens is 3. The van der Waals surface area contributed by atoms with Gasteiger partial charge in [-0.1, -0.05) is 12.1 Å². The van der Waals surface area contributed by atoms with Crippen molar-refractivity contribution < 1.29 is 22.6 Å². The summed E-state index contributed by atoms with van der Waals surface area (Å²) in [4.78, 5) is 6.40. The van der Waals surface area contributed by atoms with E-state index in [0.29, 0.717) is 6.54 Å². The topological polar surface area (TPSA) is 72.1 Å². The van der Waals surface area contributed by atoms with Crippen molar-refractivity contribution in [1.29, 1.82) is 0 Å². The Bertz CT molecular complexity index is 546. The molecule has 0 bridgehead atoms. The number of morpholine rings is 1. The SMILES string of the molecule is NC(=NCCCN1CCOCC1)Nc1ccccc1OC(F)(F)F. The number of alkyl halides is 3. The van der Waals surface area contributed by atoms with Crippen LogP contribution in [0.5, 0.6) is 5.75 Å². The molecule has 0 amide bonds. The first-order valence-electron chi connectivity index (χ1n) is 7.66. The van der Waals surface area contributed by atoms with Crippen molar-refractivity contribution in [3.63, 3.8) is 0 Å². The first-order valence-corrected chi connectivity index (χ1v) is 7.66. The lowest BCUT2D eigenvalue weighted by Crippen LogP contribution is -2.37. The Labute approximate surface area is 138 Å². The Morgan fingerprint density at radius 3 is 2.71 bits per heavy atom. The summed E-state index contributed by atoms with van der Waals surface area (Å²) in [6.07, 6.45) is -3.95. The monoisotopic (exact) mass is 346 g/mol. The number of hydrogen-bond acceptors (Lipinski definition) is 4. The summed E-state index contributed by atoms with van der Waals surface area (Å²) >= 11 is 0. The summed E-state index contributed by atoms with van der Waals surface area (Å²) in [5.41, 5.74) is 5.84. The molecule has 2 rings (SSSR count). The zero-order valence-corrected chi connectivity index (χ0v) is 13.2. The number of hydrogen-bond donors (Lipinski definition) is 2. The van der Waals surface area contributed by atoms with Crippen molar-refractivity contribution >= 4 is 11.6 Å². The average molecular weight is 346 g/mol. The van der Waals surface area contributed by atoms with E-state index in [-0.39, 0.29) is 17.4 Å². The van der Waals surface area contributed by atoms with Gasteiger partial charge >= 0.3 is 6.36 Å². The van der Waals surface area contributed by atoms with E-state index >= 15 is 0 Å². The van der Waals surface area contributed by atoms with E-state index in [2.05, 4.69) is 19.9 Å². The fraction of sp³-hybridized carbons (Fsp3) is 0.533. The normalized spacial score (nSPS) is 16.9. The van der Waals surface area contributed by atoms with Crippen LogP contribution in [0.2, 0.25) is 0 Å². The molecule has 1 aromatic rings. The lowest BCUT2D eigenvalue weighted by Gasteiger charge is -2.26. The Morgan fingerprint density at radius 1 is 1.29 bits per heavy atom. The van der Waals surface area contributed by atoms with Crippen LogP contribution in [-0.4, -0.2) is 56.6 Å². The third-order valence-electron chi connectivity index (χ3n) is 3.39. The molecule has 1 aliphatic rings. The second-order valence-electron chi connectivity index (χ2n) is 5.24. The van der Waals surface area contributed by atoms with Gasteiger partial charge in [-0.2, -0.15) is 0 Å². The molecule has 0 atom stereocenters. The summed E-state index contributed by atoms with van der Waals surface area (Å²) in [6.45, 7) is 4.65. The Balaban J connectivity index is 1.81. The number of nitrogens with two attached hydrogens (primary N) is 1. The van der Waals surface area contributed by atoms with Crippen molar-refractivity contribution in [2.24, 2.45) is 10.7 Å². The first-order chi connectivity index (χ1) is 11.4. The smallest absolute Gasteiger partial charge is 0.404 e. The van der Waals surface area contributed by atoms with E-state index in [1.54, 1.807) is 6.07 Å². The number of aliphatic imine (C=N–C) groups is 1. The third kappa shape index (κ3) is 6.63. The predicted octanol–water partition coefficient (Wildman–Crippen LogP) is 2.03. The molecule has 9 heteroatoms. The van der Waals surface area contributed by atoms with Crippen molar-refractivity contribution in [1.82, 2.24) is 4.90 Å². The third-order valence-corrected chi connectivity index (χ3v) is 3.39. The van der Waals surface area contributed by atoms with E-state index < -0.39 is 6.36 Å². The van der Waals surface area contributed by atoms with Crippen molar-refractivity contribution in [3.05, 3.63) is 24.3 Å². The number of para-hydroxylation sites is 2. The average Bonchev–Trinajstić information content (AvgIpc) is 2.53. The highest BCUT2D eigenvalue weighted by molar-refractivity contribution is 5.93. The van der Waals surface area contributed by atoms with E-state index in [1.165, 1.54) is 18.2 Å². The quantitative estimate of drug-likeness (QED) is 0.469. The van der Waals surface area contributed by atoms with Crippen molar-refractivity contribution in [2.75, 3.05) is 44.7 Å². The van der Waals surface area contributed by atoms with E-state index in [9.17, 15) is 13.2 Å². The summed E-state index contributed by atoms with van der Waals surface area (Å²) in [5, 5.41) is 2.64. The van der Waals surface area contributed by atoms with Crippen LogP contribution in [0.15, 0.2) is 29.3 Å². The minimum Gasteiger partial charge on any atom is -0.404 e. The fourth-order valence-electron chi connectivity index (χ4n) is 2.28. The molecule has 1 aliphatic heterocycles. The Kier molecular flexibility index (Phi) is 6.68. The highest BCUT2D eigenvalue weighted by atomic mass is 19.4. The summed E-state index contributed by atoms with van der Waals surface area (Å²) < 4.78 is 46.3. The molecule has 1 fully saturated rings. The first kappa shape index (κ1) is 18.3. The number of nitrogens with zero attached hydrogens (tertiary/aromatic N) is 2. The number of guanidine groups is 1. The molecule has 24 heavy (non-hydrogen) atoms. The molecule has 0 unspecified atom stereocenters. The van der Waals surface area contributed by atoms with E-state index in [4.69, 9.17) is 10.5 Å². The molecule has 1 heterocycles. The highest BCUT2D eigenvalue weighted by Crippen LogP contribution is 2.29. The standard InChI is InChI=1S/C15H21F3N4O2/c16-15(17,18)24-13-5-2-1-4-12(13)21-14(19)20-6-3-7-22-8-10-23-11-9-22/h1-2,4-5H,3,6-11H2,(H3,19,20,21).